The van der Waals surface area contributed by atoms with Gasteiger partial charge in [-0.2, -0.15) is 0 Å². The molecule has 0 aromatic heterocycles. The summed E-state index contributed by atoms with van der Waals surface area (Å²) in [6.45, 7) is 19.9. The number of hydrogen-bond donors (Lipinski definition) is 1. The van der Waals surface area contributed by atoms with E-state index in [9.17, 15) is 0 Å². The Labute approximate surface area is 170 Å². The van der Waals surface area contributed by atoms with Crippen LogP contribution in [0.15, 0.2) is 28.3 Å². The van der Waals surface area contributed by atoms with Gasteiger partial charge in [-0.25, -0.2) is 0 Å². The molecule has 2 N–H and O–H groups in total. The van der Waals surface area contributed by atoms with Crippen LogP contribution in [0.1, 0.15) is 107 Å². The van der Waals surface area contributed by atoms with Gasteiger partial charge < -0.3 is 5.73 Å². The molecule has 0 aromatic carbocycles. The number of nitrogens with two attached hydrogens (primary N) is 1. The summed E-state index contributed by atoms with van der Waals surface area (Å²) in [5.74, 6) is 0. The Bertz CT molecular complexity index is 492. The molecule has 2 nitrogen and oxygen atoms in total. The van der Waals surface area contributed by atoms with Crippen molar-refractivity contribution in [3.05, 3.63) is 23.3 Å². The topological polar surface area (TPSA) is 38.4 Å². The summed E-state index contributed by atoms with van der Waals surface area (Å²) >= 11 is 0. The Morgan fingerprint density at radius 3 is 2.07 bits per heavy atom. The highest BCUT2D eigenvalue weighted by atomic mass is 14.7. The summed E-state index contributed by atoms with van der Waals surface area (Å²) in [6.07, 6.45) is 14.0. The van der Waals surface area contributed by atoms with Gasteiger partial charge in [-0.05, 0) is 90.0 Å². The normalized spacial score (nSPS) is 14.8. The number of rotatable bonds is 14. The zero-order chi connectivity index (χ0) is 20.9. The molecule has 2 heteroatoms. The minimum absolute atomic E-state index is 0.287. The SMILES string of the molecule is C/C=C(\C)CC/C=C(\C)CCC(C)=NCC(C)(C)CCCC(C)(C)CCN. The standard InChI is InChI=1S/C25H48N2/c1-9-21(2)12-10-13-22(3)14-15-23(4)27-20-25(7,8)17-11-16-24(5,6)18-19-26/h9,13H,10-12,14-20,26H2,1-8H3/b21-9+,22-13+,27-23?. The molecule has 0 amide bonds. The smallest absolute Gasteiger partial charge is 0.0439 e. The zero-order valence-electron chi connectivity index (χ0n) is 19.8. The highest BCUT2D eigenvalue weighted by Gasteiger charge is 2.21. The second-order valence-electron chi connectivity index (χ2n) is 10.00. The van der Waals surface area contributed by atoms with E-state index in [0.717, 1.165) is 38.8 Å². The molecule has 0 bridgehead atoms. The molecule has 0 spiro atoms. The molecule has 0 heterocycles. The molecule has 0 saturated heterocycles. The first-order valence-corrected chi connectivity index (χ1v) is 11.0. The van der Waals surface area contributed by atoms with Crippen LogP contribution in [-0.4, -0.2) is 18.8 Å². The van der Waals surface area contributed by atoms with E-state index in [0.29, 0.717) is 5.41 Å². The first-order chi connectivity index (χ1) is 12.5. The molecule has 0 atom stereocenters. The van der Waals surface area contributed by atoms with E-state index in [4.69, 9.17) is 10.7 Å². The van der Waals surface area contributed by atoms with Gasteiger partial charge in [-0.1, -0.05) is 57.4 Å². The average molecular weight is 377 g/mol. The largest absolute Gasteiger partial charge is 0.330 e. The van der Waals surface area contributed by atoms with Crippen LogP contribution in [0.4, 0.5) is 0 Å². The fourth-order valence-electron chi connectivity index (χ4n) is 3.24. The Morgan fingerprint density at radius 1 is 0.852 bits per heavy atom. The second kappa shape index (κ2) is 13.3. The molecule has 0 fully saturated rings. The van der Waals surface area contributed by atoms with Gasteiger partial charge in [0.15, 0.2) is 0 Å². The Hall–Kier alpha value is -0.890. The fourth-order valence-corrected chi connectivity index (χ4v) is 3.24. The molecular formula is C25H48N2. The fraction of sp³-hybridized carbons (Fsp3) is 0.800. The molecule has 0 radical (unpaired) electrons. The Kier molecular flexibility index (Phi) is 12.9. The summed E-state index contributed by atoms with van der Waals surface area (Å²) in [5.41, 5.74) is 10.7. The summed E-state index contributed by atoms with van der Waals surface area (Å²) in [6, 6.07) is 0. The van der Waals surface area contributed by atoms with Crippen LogP contribution in [0.3, 0.4) is 0 Å². The quantitative estimate of drug-likeness (QED) is 0.247. The van der Waals surface area contributed by atoms with Gasteiger partial charge in [0.2, 0.25) is 0 Å². The predicted molar refractivity (Wildman–Crippen MR) is 125 cm³/mol. The van der Waals surface area contributed by atoms with Crippen molar-refractivity contribution in [3.8, 4) is 0 Å². The van der Waals surface area contributed by atoms with Crippen molar-refractivity contribution < 1.29 is 0 Å². The highest BCUT2D eigenvalue weighted by molar-refractivity contribution is 5.82. The minimum Gasteiger partial charge on any atom is -0.330 e. The lowest BCUT2D eigenvalue weighted by Crippen LogP contribution is -2.20. The van der Waals surface area contributed by atoms with Crippen molar-refractivity contribution in [1.29, 1.82) is 0 Å². The average Bonchev–Trinajstić information content (AvgIpc) is 2.57. The molecular weight excluding hydrogens is 328 g/mol. The number of aliphatic imine (C=N–C) groups is 1. The maximum Gasteiger partial charge on any atom is 0.0439 e. The van der Waals surface area contributed by atoms with E-state index in [1.165, 1.54) is 42.5 Å². The number of allylic oxidation sites excluding steroid dienone is 4. The monoisotopic (exact) mass is 376 g/mol. The highest BCUT2D eigenvalue weighted by Crippen LogP contribution is 2.31. The second-order valence-corrected chi connectivity index (χ2v) is 10.00. The van der Waals surface area contributed by atoms with Crippen molar-refractivity contribution in [2.45, 2.75) is 107 Å². The molecule has 158 valence electrons. The molecule has 0 aliphatic rings. The van der Waals surface area contributed by atoms with Gasteiger partial charge in [0, 0.05) is 12.3 Å². The van der Waals surface area contributed by atoms with Crippen molar-refractivity contribution >= 4 is 5.71 Å². The van der Waals surface area contributed by atoms with E-state index in [2.05, 4.69) is 67.5 Å². The van der Waals surface area contributed by atoms with Crippen LogP contribution in [0.25, 0.3) is 0 Å². The third-order valence-corrected chi connectivity index (χ3v) is 5.71. The van der Waals surface area contributed by atoms with Crippen LogP contribution >= 0.6 is 0 Å². The van der Waals surface area contributed by atoms with Gasteiger partial charge in [0.25, 0.3) is 0 Å². The predicted octanol–water partition coefficient (Wildman–Crippen LogP) is 7.49. The summed E-state index contributed by atoms with van der Waals surface area (Å²) in [5, 5.41) is 0. The van der Waals surface area contributed by atoms with Crippen molar-refractivity contribution in [2.75, 3.05) is 13.1 Å². The summed E-state index contributed by atoms with van der Waals surface area (Å²) in [7, 11) is 0. The third-order valence-electron chi connectivity index (χ3n) is 5.71. The van der Waals surface area contributed by atoms with Crippen molar-refractivity contribution in [2.24, 2.45) is 21.6 Å². The molecule has 0 aliphatic carbocycles. The van der Waals surface area contributed by atoms with Crippen molar-refractivity contribution in [3.63, 3.8) is 0 Å². The lowest BCUT2D eigenvalue weighted by molar-refractivity contribution is 0.261. The lowest BCUT2D eigenvalue weighted by atomic mass is 9.80. The van der Waals surface area contributed by atoms with Gasteiger partial charge in [0.1, 0.15) is 0 Å². The van der Waals surface area contributed by atoms with E-state index in [-0.39, 0.29) is 5.41 Å². The molecule has 0 aromatic rings. The van der Waals surface area contributed by atoms with E-state index in [1.807, 2.05) is 0 Å². The maximum atomic E-state index is 5.73. The minimum atomic E-state index is 0.287. The molecule has 0 unspecified atom stereocenters. The van der Waals surface area contributed by atoms with Crippen LogP contribution < -0.4 is 5.73 Å². The summed E-state index contributed by atoms with van der Waals surface area (Å²) in [4.78, 5) is 4.90. The van der Waals surface area contributed by atoms with E-state index in [1.54, 1.807) is 0 Å². The van der Waals surface area contributed by atoms with Gasteiger partial charge >= 0.3 is 0 Å². The van der Waals surface area contributed by atoms with E-state index >= 15 is 0 Å². The Morgan fingerprint density at radius 2 is 1.48 bits per heavy atom. The first kappa shape index (κ1) is 26.1. The first-order valence-electron chi connectivity index (χ1n) is 11.0. The maximum absolute atomic E-state index is 5.73. The van der Waals surface area contributed by atoms with Crippen LogP contribution in [0.2, 0.25) is 0 Å². The van der Waals surface area contributed by atoms with Crippen LogP contribution in [0.5, 0.6) is 0 Å². The summed E-state index contributed by atoms with van der Waals surface area (Å²) < 4.78 is 0. The van der Waals surface area contributed by atoms with Crippen LogP contribution in [0, 0.1) is 10.8 Å². The van der Waals surface area contributed by atoms with E-state index < -0.39 is 0 Å². The number of hydrogen-bond acceptors (Lipinski definition) is 2. The number of nitrogens with zero attached hydrogens (tertiary/aromatic N) is 1. The van der Waals surface area contributed by atoms with Gasteiger partial charge in [-0.3, -0.25) is 4.99 Å². The molecule has 0 saturated carbocycles. The van der Waals surface area contributed by atoms with Gasteiger partial charge in [-0.15, -0.1) is 0 Å². The van der Waals surface area contributed by atoms with Crippen molar-refractivity contribution in [1.82, 2.24) is 0 Å². The lowest BCUT2D eigenvalue weighted by Gasteiger charge is -2.27. The van der Waals surface area contributed by atoms with Gasteiger partial charge in [0.05, 0.1) is 0 Å². The zero-order valence-corrected chi connectivity index (χ0v) is 19.8. The third kappa shape index (κ3) is 14.8. The Balaban J connectivity index is 4.24. The molecule has 0 aliphatic heterocycles. The van der Waals surface area contributed by atoms with Crippen LogP contribution in [-0.2, 0) is 0 Å². The molecule has 27 heavy (non-hydrogen) atoms. The molecule has 0 rings (SSSR count).